The van der Waals surface area contributed by atoms with Crippen molar-refractivity contribution in [3.05, 3.63) is 65.7 Å². The smallest absolute Gasteiger partial charge is 0.255 e. The predicted molar refractivity (Wildman–Crippen MR) is 88.5 cm³/mol. The third-order valence-corrected chi connectivity index (χ3v) is 3.88. The van der Waals surface area contributed by atoms with Crippen LogP contribution in [0.3, 0.4) is 0 Å². The molecule has 1 N–H and O–H groups in total. The Kier molecular flexibility index (Phi) is 5.27. The van der Waals surface area contributed by atoms with E-state index in [-0.39, 0.29) is 12.0 Å². The minimum Gasteiger partial charge on any atom is -0.488 e. The quantitative estimate of drug-likeness (QED) is 0.891. The number of hydrogen-bond donors (Lipinski definition) is 1. The molecule has 0 spiro atoms. The van der Waals surface area contributed by atoms with Crippen molar-refractivity contribution in [2.75, 3.05) is 13.2 Å². The Morgan fingerprint density at radius 2 is 1.91 bits per heavy atom. The van der Waals surface area contributed by atoms with Crippen molar-refractivity contribution in [3.63, 3.8) is 0 Å². The van der Waals surface area contributed by atoms with Gasteiger partial charge in [-0.2, -0.15) is 0 Å². The zero-order valence-corrected chi connectivity index (χ0v) is 13.0. The highest BCUT2D eigenvalue weighted by atomic mass is 16.5. The Hall–Kier alpha value is -2.33. The van der Waals surface area contributed by atoms with Crippen molar-refractivity contribution in [3.8, 4) is 5.75 Å². The number of amides is 1. The SMILES string of the molecule is O=C(NCC1CCCO1)c1ccccc1OCc1ccccc1. The van der Waals surface area contributed by atoms with Gasteiger partial charge in [-0.3, -0.25) is 4.79 Å². The molecule has 1 amide bonds. The third kappa shape index (κ3) is 4.33. The molecule has 0 aliphatic carbocycles. The van der Waals surface area contributed by atoms with Gasteiger partial charge in [0.15, 0.2) is 0 Å². The highest BCUT2D eigenvalue weighted by Crippen LogP contribution is 2.19. The first-order valence-corrected chi connectivity index (χ1v) is 7.98. The van der Waals surface area contributed by atoms with Crippen molar-refractivity contribution in [2.45, 2.75) is 25.6 Å². The number of carbonyl (C=O) groups excluding carboxylic acids is 1. The van der Waals surface area contributed by atoms with E-state index in [0.717, 1.165) is 25.0 Å². The van der Waals surface area contributed by atoms with Crippen LogP contribution < -0.4 is 10.1 Å². The van der Waals surface area contributed by atoms with Crippen molar-refractivity contribution in [2.24, 2.45) is 0 Å². The van der Waals surface area contributed by atoms with Crippen LogP contribution in [0.1, 0.15) is 28.8 Å². The van der Waals surface area contributed by atoms with Gasteiger partial charge in [0, 0.05) is 13.2 Å². The van der Waals surface area contributed by atoms with Crippen LogP contribution in [0.4, 0.5) is 0 Å². The number of benzene rings is 2. The highest BCUT2D eigenvalue weighted by Gasteiger charge is 2.18. The number of para-hydroxylation sites is 1. The van der Waals surface area contributed by atoms with E-state index in [0.29, 0.717) is 24.5 Å². The number of hydrogen-bond acceptors (Lipinski definition) is 3. The van der Waals surface area contributed by atoms with Gasteiger partial charge in [0.25, 0.3) is 5.91 Å². The molecule has 0 aromatic heterocycles. The van der Waals surface area contributed by atoms with Crippen molar-refractivity contribution < 1.29 is 14.3 Å². The van der Waals surface area contributed by atoms with E-state index >= 15 is 0 Å². The number of rotatable bonds is 6. The zero-order valence-electron chi connectivity index (χ0n) is 13.0. The lowest BCUT2D eigenvalue weighted by atomic mass is 10.1. The first-order valence-electron chi connectivity index (χ1n) is 7.98. The molecule has 1 unspecified atom stereocenters. The molecule has 0 saturated carbocycles. The van der Waals surface area contributed by atoms with Crippen molar-refractivity contribution in [1.29, 1.82) is 0 Å². The largest absolute Gasteiger partial charge is 0.488 e. The normalized spacial score (nSPS) is 17.0. The molecule has 1 fully saturated rings. The number of nitrogens with one attached hydrogen (secondary N) is 1. The molecule has 2 aromatic rings. The van der Waals surface area contributed by atoms with Crippen LogP contribution in [0.5, 0.6) is 5.75 Å². The second-order valence-electron chi connectivity index (χ2n) is 5.62. The molecule has 23 heavy (non-hydrogen) atoms. The zero-order chi connectivity index (χ0) is 15.9. The van der Waals surface area contributed by atoms with Gasteiger partial charge in [-0.1, -0.05) is 42.5 Å². The topological polar surface area (TPSA) is 47.6 Å². The van der Waals surface area contributed by atoms with Gasteiger partial charge in [0.2, 0.25) is 0 Å². The van der Waals surface area contributed by atoms with Gasteiger partial charge in [-0.05, 0) is 30.5 Å². The predicted octanol–water partition coefficient (Wildman–Crippen LogP) is 3.17. The summed E-state index contributed by atoms with van der Waals surface area (Å²) in [6.07, 6.45) is 2.21. The molecule has 4 heteroatoms. The average Bonchev–Trinajstić information content (AvgIpc) is 3.12. The summed E-state index contributed by atoms with van der Waals surface area (Å²) < 4.78 is 11.4. The van der Waals surface area contributed by atoms with E-state index in [2.05, 4.69) is 5.32 Å². The van der Waals surface area contributed by atoms with Gasteiger partial charge in [-0.15, -0.1) is 0 Å². The van der Waals surface area contributed by atoms with E-state index in [4.69, 9.17) is 9.47 Å². The van der Waals surface area contributed by atoms with Gasteiger partial charge < -0.3 is 14.8 Å². The lowest BCUT2D eigenvalue weighted by Gasteiger charge is -2.14. The Morgan fingerprint density at radius 3 is 2.70 bits per heavy atom. The Balaban J connectivity index is 1.61. The molecule has 0 radical (unpaired) electrons. The fraction of sp³-hybridized carbons (Fsp3) is 0.316. The maximum Gasteiger partial charge on any atom is 0.255 e. The summed E-state index contributed by atoms with van der Waals surface area (Å²) in [4.78, 5) is 12.4. The van der Waals surface area contributed by atoms with Crippen LogP contribution in [-0.2, 0) is 11.3 Å². The summed E-state index contributed by atoms with van der Waals surface area (Å²) in [5, 5.41) is 2.94. The average molecular weight is 311 g/mol. The molecule has 2 aromatic carbocycles. The molecule has 120 valence electrons. The maximum absolute atomic E-state index is 12.4. The van der Waals surface area contributed by atoms with Gasteiger partial charge in [-0.25, -0.2) is 0 Å². The summed E-state index contributed by atoms with van der Waals surface area (Å²) in [5.41, 5.74) is 1.63. The second-order valence-corrected chi connectivity index (χ2v) is 5.62. The lowest BCUT2D eigenvalue weighted by molar-refractivity contribution is 0.0854. The Morgan fingerprint density at radius 1 is 1.13 bits per heavy atom. The molecular formula is C19H21NO3. The van der Waals surface area contributed by atoms with Crippen LogP contribution >= 0.6 is 0 Å². The molecule has 1 aliphatic rings. The van der Waals surface area contributed by atoms with Crippen LogP contribution in [0.15, 0.2) is 54.6 Å². The molecule has 1 heterocycles. The summed E-state index contributed by atoms with van der Waals surface area (Å²) in [5.74, 6) is 0.477. The summed E-state index contributed by atoms with van der Waals surface area (Å²) in [6.45, 7) is 1.78. The fourth-order valence-corrected chi connectivity index (χ4v) is 2.62. The number of ether oxygens (including phenoxy) is 2. The molecule has 1 aliphatic heterocycles. The van der Waals surface area contributed by atoms with Crippen LogP contribution in [0.2, 0.25) is 0 Å². The van der Waals surface area contributed by atoms with Gasteiger partial charge in [0.05, 0.1) is 11.7 Å². The number of carbonyl (C=O) groups is 1. The van der Waals surface area contributed by atoms with Crippen molar-refractivity contribution >= 4 is 5.91 Å². The first kappa shape index (κ1) is 15.6. The van der Waals surface area contributed by atoms with Gasteiger partial charge >= 0.3 is 0 Å². The summed E-state index contributed by atoms with van der Waals surface area (Å²) in [7, 11) is 0. The second kappa shape index (κ2) is 7.79. The minimum absolute atomic E-state index is 0.121. The minimum atomic E-state index is -0.121. The molecular weight excluding hydrogens is 290 g/mol. The molecule has 3 rings (SSSR count). The molecule has 0 bridgehead atoms. The lowest BCUT2D eigenvalue weighted by Crippen LogP contribution is -2.32. The van der Waals surface area contributed by atoms with E-state index in [1.54, 1.807) is 6.07 Å². The molecule has 1 atom stereocenters. The van der Waals surface area contributed by atoms with E-state index in [1.807, 2.05) is 48.5 Å². The van der Waals surface area contributed by atoms with Crippen LogP contribution in [0.25, 0.3) is 0 Å². The highest BCUT2D eigenvalue weighted by molar-refractivity contribution is 5.96. The van der Waals surface area contributed by atoms with Crippen molar-refractivity contribution in [1.82, 2.24) is 5.32 Å². The standard InChI is InChI=1S/C19H21NO3/c21-19(20-13-16-9-6-12-22-16)17-10-4-5-11-18(17)23-14-15-7-2-1-3-8-15/h1-5,7-8,10-11,16H,6,9,12-14H2,(H,20,21). The molecule has 4 nitrogen and oxygen atoms in total. The Bertz CT molecular complexity index is 636. The van der Waals surface area contributed by atoms with Gasteiger partial charge in [0.1, 0.15) is 12.4 Å². The van der Waals surface area contributed by atoms with Crippen LogP contribution in [0, 0.1) is 0 Å². The monoisotopic (exact) mass is 311 g/mol. The summed E-state index contributed by atoms with van der Waals surface area (Å²) in [6, 6.07) is 17.2. The van der Waals surface area contributed by atoms with E-state index < -0.39 is 0 Å². The third-order valence-electron chi connectivity index (χ3n) is 3.88. The van der Waals surface area contributed by atoms with E-state index in [1.165, 1.54) is 0 Å². The summed E-state index contributed by atoms with van der Waals surface area (Å²) >= 11 is 0. The molecule has 1 saturated heterocycles. The van der Waals surface area contributed by atoms with E-state index in [9.17, 15) is 4.79 Å². The van der Waals surface area contributed by atoms with Crippen LogP contribution in [-0.4, -0.2) is 25.2 Å². The fourth-order valence-electron chi connectivity index (χ4n) is 2.62. The first-order chi connectivity index (χ1) is 11.3. The maximum atomic E-state index is 12.4. The Labute approximate surface area is 136 Å².